The summed E-state index contributed by atoms with van der Waals surface area (Å²) in [6.07, 6.45) is 1.34. The van der Waals surface area contributed by atoms with E-state index in [9.17, 15) is 18.0 Å². The van der Waals surface area contributed by atoms with Crippen molar-refractivity contribution in [3.05, 3.63) is 18.6 Å². The zero-order valence-electron chi connectivity index (χ0n) is 16.1. The molecule has 0 aromatic carbocycles. The molecule has 1 spiro atoms. The average molecular weight is 411 g/mol. The van der Waals surface area contributed by atoms with Crippen molar-refractivity contribution in [1.29, 1.82) is 0 Å². The van der Waals surface area contributed by atoms with Crippen molar-refractivity contribution in [3.63, 3.8) is 0 Å². The Balaban J connectivity index is 1.47. The minimum Gasteiger partial charge on any atom is -0.454 e. The molecule has 1 atom stereocenters. The number of carbonyl (C=O) groups is 1. The highest BCUT2D eigenvalue weighted by molar-refractivity contribution is 5.87. The Labute approximate surface area is 166 Å². The number of aromatic nitrogens is 3. The molecule has 2 aromatic heterocycles. The van der Waals surface area contributed by atoms with Gasteiger partial charge in [0.15, 0.2) is 0 Å². The quantitative estimate of drug-likeness (QED) is 0.756. The molecule has 1 aliphatic carbocycles. The molecule has 3 heterocycles. The van der Waals surface area contributed by atoms with Gasteiger partial charge < -0.3 is 19.9 Å². The molecular weight excluding hydrogens is 387 g/mol. The summed E-state index contributed by atoms with van der Waals surface area (Å²) >= 11 is 0. The molecular formula is C19H24F3N5O2. The van der Waals surface area contributed by atoms with Crippen molar-refractivity contribution in [2.75, 3.05) is 25.0 Å². The highest BCUT2D eigenvalue weighted by Crippen LogP contribution is 2.46. The topological polar surface area (TPSA) is 83.1 Å². The standard InChI is InChI=1S/C19H24F3N5O2/c1-27(16-13-4-8-24-15(13)25-11-26-16)12-2-5-18(6-3-12)7-9-23-10-14(18)29-17(28)19(20,21)22/h4,8,11-12,14,23H,2-3,5-7,9-10H2,1H3,(H,24,25,26). The number of aromatic amines is 1. The summed E-state index contributed by atoms with van der Waals surface area (Å²) in [6.45, 7) is 0.981. The van der Waals surface area contributed by atoms with Crippen LogP contribution in [0.15, 0.2) is 18.6 Å². The van der Waals surface area contributed by atoms with Crippen molar-refractivity contribution in [2.24, 2.45) is 5.41 Å². The van der Waals surface area contributed by atoms with Gasteiger partial charge in [0.1, 0.15) is 23.9 Å². The molecule has 2 N–H and O–H groups in total. The van der Waals surface area contributed by atoms with Crippen LogP contribution >= 0.6 is 0 Å². The molecule has 1 saturated carbocycles. The average Bonchev–Trinajstić information content (AvgIpc) is 3.18. The van der Waals surface area contributed by atoms with Crippen LogP contribution < -0.4 is 10.2 Å². The van der Waals surface area contributed by atoms with Crippen molar-refractivity contribution >= 4 is 22.8 Å². The molecule has 2 aliphatic rings. The Morgan fingerprint density at radius 1 is 1.28 bits per heavy atom. The van der Waals surface area contributed by atoms with Gasteiger partial charge in [-0.05, 0) is 44.7 Å². The number of nitrogens with zero attached hydrogens (tertiary/aromatic N) is 3. The van der Waals surface area contributed by atoms with Gasteiger partial charge in [-0.1, -0.05) is 0 Å². The lowest BCUT2D eigenvalue weighted by Gasteiger charge is -2.49. The second-order valence-electron chi connectivity index (χ2n) is 7.99. The summed E-state index contributed by atoms with van der Waals surface area (Å²) in [5.41, 5.74) is 0.366. The molecule has 1 aliphatic heterocycles. The van der Waals surface area contributed by atoms with E-state index in [4.69, 9.17) is 4.74 Å². The number of hydrogen-bond acceptors (Lipinski definition) is 6. The number of alkyl halides is 3. The number of halogens is 3. The van der Waals surface area contributed by atoms with E-state index in [1.54, 1.807) is 0 Å². The van der Waals surface area contributed by atoms with Crippen LogP contribution in [-0.2, 0) is 9.53 Å². The van der Waals surface area contributed by atoms with Crippen LogP contribution in [-0.4, -0.2) is 59.4 Å². The molecule has 0 radical (unpaired) electrons. The van der Waals surface area contributed by atoms with Crippen molar-refractivity contribution in [2.45, 2.75) is 50.4 Å². The first-order chi connectivity index (χ1) is 13.8. The number of H-pyrrole nitrogens is 1. The van der Waals surface area contributed by atoms with Crippen LogP contribution in [0.5, 0.6) is 0 Å². The van der Waals surface area contributed by atoms with Crippen LogP contribution in [0, 0.1) is 5.41 Å². The summed E-state index contributed by atoms with van der Waals surface area (Å²) in [5, 5.41) is 4.00. The molecule has 158 valence electrons. The van der Waals surface area contributed by atoms with E-state index in [2.05, 4.69) is 25.2 Å². The van der Waals surface area contributed by atoms with E-state index in [1.807, 2.05) is 19.3 Å². The highest BCUT2D eigenvalue weighted by atomic mass is 19.4. The number of carbonyl (C=O) groups excluding carboxylic acids is 1. The first kappa shape index (κ1) is 19.9. The number of rotatable bonds is 3. The van der Waals surface area contributed by atoms with Crippen molar-refractivity contribution in [1.82, 2.24) is 20.3 Å². The smallest absolute Gasteiger partial charge is 0.454 e. The van der Waals surface area contributed by atoms with E-state index in [1.165, 1.54) is 6.33 Å². The van der Waals surface area contributed by atoms with Gasteiger partial charge in [-0.2, -0.15) is 13.2 Å². The number of nitrogens with one attached hydrogen (secondary N) is 2. The first-order valence-corrected chi connectivity index (χ1v) is 9.80. The molecule has 0 amide bonds. The fourth-order valence-corrected chi connectivity index (χ4v) is 4.76. The zero-order chi connectivity index (χ0) is 20.6. The fraction of sp³-hybridized carbons (Fsp3) is 0.632. The van der Waals surface area contributed by atoms with Crippen molar-refractivity contribution < 1.29 is 22.7 Å². The van der Waals surface area contributed by atoms with Gasteiger partial charge in [0.25, 0.3) is 0 Å². The third-order valence-corrected chi connectivity index (χ3v) is 6.46. The normalized spacial score (nSPS) is 27.9. The summed E-state index contributed by atoms with van der Waals surface area (Å²) in [7, 11) is 1.99. The minimum atomic E-state index is -4.97. The number of piperidine rings is 1. The third kappa shape index (κ3) is 3.77. The predicted octanol–water partition coefficient (Wildman–Crippen LogP) is 2.79. The zero-order valence-corrected chi connectivity index (χ0v) is 16.1. The number of anilines is 1. The van der Waals surface area contributed by atoms with Crippen LogP contribution in [0.4, 0.5) is 19.0 Å². The number of hydrogen-bond donors (Lipinski definition) is 2. The maximum atomic E-state index is 12.7. The van der Waals surface area contributed by atoms with E-state index >= 15 is 0 Å². The minimum absolute atomic E-state index is 0.211. The molecule has 10 heteroatoms. The highest BCUT2D eigenvalue weighted by Gasteiger charge is 2.50. The lowest BCUT2D eigenvalue weighted by Crippen LogP contribution is -2.54. The van der Waals surface area contributed by atoms with E-state index < -0.39 is 23.7 Å². The lowest BCUT2D eigenvalue weighted by atomic mass is 9.65. The maximum absolute atomic E-state index is 12.7. The summed E-state index contributed by atoms with van der Waals surface area (Å²) < 4.78 is 43.0. The van der Waals surface area contributed by atoms with Gasteiger partial charge in [0.05, 0.1) is 5.39 Å². The van der Waals surface area contributed by atoms with Crippen LogP contribution in [0.2, 0.25) is 0 Å². The monoisotopic (exact) mass is 411 g/mol. The first-order valence-electron chi connectivity index (χ1n) is 9.80. The van der Waals surface area contributed by atoms with E-state index in [-0.39, 0.29) is 12.6 Å². The van der Waals surface area contributed by atoms with Crippen LogP contribution in [0.1, 0.15) is 32.1 Å². The Kier molecular flexibility index (Phi) is 5.14. The summed E-state index contributed by atoms with van der Waals surface area (Å²) in [6, 6.07) is 2.15. The number of ether oxygens (including phenoxy) is 1. The second-order valence-corrected chi connectivity index (χ2v) is 7.99. The van der Waals surface area contributed by atoms with Gasteiger partial charge in [0.2, 0.25) is 0 Å². The molecule has 1 unspecified atom stereocenters. The van der Waals surface area contributed by atoms with E-state index in [0.717, 1.165) is 36.2 Å². The Bertz CT molecular complexity index is 876. The second kappa shape index (κ2) is 7.47. The molecule has 7 nitrogen and oxygen atoms in total. The van der Waals surface area contributed by atoms with Crippen LogP contribution in [0.25, 0.3) is 11.0 Å². The predicted molar refractivity (Wildman–Crippen MR) is 100 cm³/mol. The van der Waals surface area contributed by atoms with Gasteiger partial charge in [-0.15, -0.1) is 0 Å². The maximum Gasteiger partial charge on any atom is 0.490 e. The Morgan fingerprint density at radius 3 is 2.76 bits per heavy atom. The van der Waals surface area contributed by atoms with Crippen LogP contribution in [0.3, 0.4) is 0 Å². The van der Waals surface area contributed by atoms with Gasteiger partial charge in [-0.25, -0.2) is 14.8 Å². The lowest BCUT2D eigenvalue weighted by molar-refractivity contribution is -0.213. The molecule has 2 fully saturated rings. The van der Waals surface area contributed by atoms with Gasteiger partial charge in [-0.3, -0.25) is 0 Å². The summed E-state index contributed by atoms with van der Waals surface area (Å²) in [4.78, 5) is 25.3. The largest absolute Gasteiger partial charge is 0.490 e. The number of esters is 1. The SMILES string of the molecule is CN(c1ncnc2[nH]ccc12)C1CCC2(CCNCC2OC(=O)C(F)(F)F)CC1. The number of fused-ring (bicyclic) bond motifs is 1. The molecule has 4 rings (SSSR count). The molecule has 29 heavy (non-hydrogen) atoms. The fourth-order valence-electron chi connectivity index (χ4n) is 4.76. The van der Waals surface area contributed by atoms with Gasteiger partial charge in [0, 0.05) is 31.2 Å². The molecule has 1 saturated heterocycles. The van der Waals surface area contributed by atoms with Crippen molar-refractivity contribution in [3.8, 4) is 0 Å². The third-order valence-electron chi connectivity index (χ3n) is 6.46. The Hall–Kier alpha value is -2.36. The molecule has 2 aromatic rings. The summed E-state index contributed by atoms with van der Waals surface area (Å²) in [5.74, 6) is -1.26. The Morgan fingerprint density at radius 2 is 2.03 bits per heavy atom. The molecule has 0 bridgehead atoms. The van der Waals surface area contributed by atoms with E-state index in [0.29, 0.717) is 19.3 Å². The van der Waals surface area contributed by atoms with Gasteiger partial charge >= 0.3 is 12.1 Å².